The molecule has 0 aliphatic heterocycles. The molecular formula is C19H15ClN4. The van der Waals surface area contributed by atoms with Crippen molar-refractivity contribution in [3.63, 3.8) is 0 Å². The van der Waals surface area contributed by atoms with E-state index in [4.69, 9.17) is 11.6 Å². The molecule has 0 saturated heterocycles. The molecule has 0 amide bonds. The van der Waals surface area contributed by atoms with Crippen LogP contribution in [0.4, 0.5) is 11.4 Å². The van der Waals surface area contributed by atoms with Crippen molar-refractivity contribution in [2.45, 2.75) is 0 Å². The average molecular weight is 335 g/mol. The minimum absolute atomic E-state index is 0.449. The molecule has 3 aromatic carbocycles. The number of hydrazone groups is 1. The Morgan fingerprint density at radius 3 is 2.21 bits per heavy atom. The zero-order valence-electron chi connectivity index (χ0n) is 12.8. The Morgan fingerprint density at radius 1 is 0.792 bits per heavy atom. The summed E-state index contributed by atoms with van der Waals surface area (Å²) in [6.45, 7) is 0. The van der Waals surface area contributed by atoms with E-state index in [9.17, 15) is 0 Å². The van der Waals surface area contributed by atoms with Gasteiger partial charge in [-0.1, -0.05) is 60.1 Å². The van der Waals surface area contributed by atoms with Gasteiger partial charge in [-0.2, -0.15) is 5.10 Å². The van der Waals surface area contributed by atoms with Crippen molar-refractivity contribution in [2.75, 3.05) is 5.43 Å². The molecule has 0 saturated carbocycles. The molecule has 0 atom stereocenters. The van der Waals surface area contributed by atoms with Crippen molar-refractivity contribution in [1.82, 2.24) is 0 Å². The summed E-state index contributed by atoms with van der Waals surface area (Å²) in [6.07, 6.45) is 0. The van der Waals surface area contributed by atoms with Gasteiger partial charge in [-0.25, -0.2) is 0 Å². The monoisotopic (exact) mass is 334 g/mol. The molecule has 118 valence electrons. The standard InChI is InChI=1S/C19H15ClN4/c20-16-9-7-8-15(14-16)19(23-21-17-10-3-1-4-11-17)24-22-18-12-5-2-6-13-18/h1-14,21H. The van der Waals surface area contributed by atoms with Crippen LogP contribution in [0.2, 0.25) is 5.02 Å². The minimum atomic E-state index is 0.449. The zero-order chi connectivity index (χ0) is 16.6. The highest BCUT2D eigenvalue weighted by Gasteiger charge is 2.04. The molecule has 24 heavy (non-hydrogen) atoms. The number of nitrogens with one attached hydrogen (secondary N) is 1. The number of nitrogens with zero attached hydrogens (tertiary/aromatic N) is 3. The minimum Gasteiger partial charge on any atom is -0.276 e. The molecule has 0 radical (unpaired) electrons. The molecule has 0 aromatic heterocycles. The highest BCUT2D eigenvalue weighted by atomic mass is 35.5. The first-order chi connectivity index (χ1) is 11.8. The van der Waals surface area contributed by atoms with Crippen molar-refractivity contribution in [3.8, 4) is 0 Å². The fraction of sp³-hybridized carbons (Fsp3) is 0. The largest absolute Gasteiger partial charge is 0.276 e. The maximum Gasteiger partial charge on any atom is 0.201 e. The number of anilines is 1. The van der Waals surface area contributed by atoms with Gasteiger partial charge in [-0.3, -0.25) is 5.43 Å². The molecule has 0 unspecified atom stereocenters. The van der Waals surface area contributed by atoms with E-state index < -0.39 is 0 Å². The molecule has 4 nitrogen and oxygen atoms in total. The van der Waals surface area contributed by atoms with Crippen LogP contribution in [-0.4, -0.2) is 5.84 Å². The van der Waals surface area contributed by atoms with Gasteiger partial charge in [0.05, 0.1) is 11.4 Å². The maximum atomic E-state index is 6.08. The summed E-state index contributed by atoms with van der Waals surface area (Å²) < 4.78 is 0. The van der Waals surface area contributed by atoms with E-state index in [1.807, 2.05) is 78.9 Å². The van der Waals surface area contributed by atoms with E-state index >= 15 is 0 Å². The van der Waals surface area contributed by atoms with Gasteiger partial charge in [0, 0.05) is 10.6 Å². The number of rotatable bonds is 4. The van der Waals surface area contributed by atoms with E-state index in [2.05, 4.69) is 20.8 Å². The second-order valence-corrected chi connectivity index (χ2v) is 5.40. The van der Waals surface area contributed by atoms with Crippen LogP contribution >= 0.6 is 11.6 Å². The predicted octanol–water partition coefficient (Wildman–Crippen LogP) is 5.90. The van der Waals surface area contributed by atoms with Crippen LogP contribution in [0, 0.1) is 0 Å². The fourth-order valence-corrected chi connectivity index (χ4v) is 2.19. The van der Waals surface area contributed by atoms with Gasteiger partial charge in [0.2, 0.25) is 5.84 Å². The van der Waals surface area contributed by atoms with Gasteiger partial charge in [0.1, 0.15) is 0 Å². The molecule has 5 heteroatoms. The topological polar surface area (TPSA) is 49.1 Å². The molecule has 0 aliphatic rings. The Balaban J connectivity index is 1.90. The number of hydrogen-bond acceptors (Lipinski definition) is 3. The summed E-state index contributed by atoms with van der Waals surface area (Å²) >= 11 is 6.08. The average Bonchev–Trinajstić information content (AvgIpc) is 2.63. The number of para-hydroxylation sites is 1. The number of halogens is 1. The fourth-order valence-electron chi connectivity index (χ4n) is 2.00. The summed E-state index contributed by atoms with van der Waals surface area (Å²) in [5.41, 5.74) is 5.40. The maximum absolute atomic E-state index is 6.08. The number of amidine groups is 1. The molecule has 1 N–H and O–H groups in total. The zero-order valence-corrected chi connectivity index (χ0v) is 13.6. The van der Waals surface area contributed by atoms with Gasteiger partial charge in [0.25, 0.3) is 0 Å². The highest BCUT2D eigenvalue weighted by Crippen LogP contribution is 2.16. The van der Waals surface area contributed by atoms with Crippen LogP contribution in [0.15, 0.2) is 100 Å². The lowest BCUT2D eigenvalue weighted by Crippen LogP contribution is -2.01. The molecular weight excluding hydrogens is 320 g/mol. The third-order valence-corrected chi connectivity index (χ3v) is 3.40. The van der Waals surface area contributed by atoms with E-state index in [1.54, 1.807) is 6.07 Å². The first-order valence-electron chi connectivity index (χ1n) is 7.43. The Kier molecular flexibility index (Phi) is 5.32. The highest BCUT2D eigenvalue weighted by molar-refractivity contribution is 6.31. The molecule has 0 spiro atoms. The molecule has 0 bridgehead atoms. The lowest BCUT2D eigenvalue weighted by atomic mass is 10.2. The molecule has 3 rings (SSSR count). The van der Waals surface area contributed by atoms with E-state index in [0.717, 1.165) is 16.9 Å². The number of benzene rings is 3. The second kappa shape index (κ2) is 8.04. The lowest BCUT2D eigenvalue weighted by molar-refractivity contribution is 1.22. The Bertz CT molecular complexity index is 846. The third kappa shape index (κ3) is 4.51. The van der Waals surface area contributed by atoms with Gasteiger partial charge in [-0.05, 0) is 36.4 Å². The predicted molar refractivity (Wildman–Crippen MR) is 99.0 cm³/mol. The summed E-state index contributed by atoms with van der Waals surface area (Å²) in [4.78, 5) is 0. The first kappa shape index (κ1) is 15.9. The molecule has 0 heterocycles. The van der Waals surface area contributed by atoms with Gasteiger partial charge in [-0.15, -0.1) is 10.2 Å². The normalized spacial score (nSPS) is 11.6. The van der Waals surface area contributed by atoms with Gasteiger partial charge >= 0.3 is 0 Å². The van der Waals surface area contributed by atoms with Crippen LogP contribution in [0.5, 0.6) is 0 Å². The van der Waals surface area contributed by atoms with Crippen LogP contribution < -0.4 is 5.43 Å². The van der Waals surface area contributed by atoms with Crippen molar-refractivity contribution < 1.29 is 0 Å². The van der Waals surface area contributed by atoms with Crippen molar-refractivity contribution in [3.05, 3.63) is 95.5 Å². The van der Waals surface area contributed by atoms with E-state index in [-0.39, 0.29) is 0 Å². The Labute approximate surface area is 145 Å². The summed E-state index contributed by atoms with van der Waals surface area (Å²) in [6, 6.07) is 26.5. The second-order valence-electron chi connectivity index (χ2n) is 4.96. The SMILES string of the molecule is Clc1cccc(C(N=Nc2ccccc2)=NNc2ccccc2)c1. The molecule has 3 aromatic rings. The number of hydrogen-bond donors (Lipinski definition) is 1. The van der Waals surface area contributed by atoms with E-state index in [1.165, 1.54) is 0 Å². The van der Waals surface area contributed by atoms with Crippen molar-refractivity contribution >= 4 is 28.8 Å². The Hall–Kier alpha value is -2.98. The first-order valence-corrected chi connectivity index (χ1v) is 7.80. The molecule has 0 aliphatic carbocycles. The lowest BCUT2D eigenvalue weighted by Gasteiger charge is -2.03. The smallest absolute Gasteiger partial charge is 0.201 e. The third-order valence-electron chi connectivity index (χ3n) is 3.16. The van der Waals surface area contributed by atoms with Gasteiger partial charge < -0.3 is 0 Å². The van der Waals surface area contributed by atoms with Crippen LogP contribution in [0.1, 0.15) is 5.56 Å². The van der Waals surface area contributed by atoms with Crippen LogP contribution in [0.25, 0.3) is 0 Å². The number of azo groups is 1. The van der Waals surface area contributed by atoms with E-state index in [0.29, 0.717) is 10.9 Å². The molecule has 0 fully saturated rings. The van der Waals surface area contributed by atoms with Gasteiger partial charge in [0.15, 0.2) is 0 Å². The summed E-state index contributed by atoms with van der Waals surface area (Å²) in [7, 11) is 0. The van der Waals surface area contributed by atoms with Crippen LogP contribution in [-0.2, 0) is 0 Å². The van der Waals surface area contributed by atoms with Crippen molar-refractivity contribution in [2.24, 2.45) is 15.3 Å². The quantitative estimate of drug-likeness (QED) is 0.274. The van der Waals surface area contributed by atoms with Crippen molar-refractivity contribution in [1.29, 1.82) is 0 Å². The summed E-state index contributed by atoms with van der Waals surface area (Å²) in [5.74, 6) is 0.449. The van der Waals surface area contributed by atoms with Crippen LogP contribution in [0.3, 0.4) is 0 Å². The summed E-state index contributed by atoms with van der Waals surface area (Å²) in [5, 5.41) is 13.5. The Morgan fingerprint density at radius 2 is 1.50 bits per heavy atom.